The van der Waals surface area contributed by atoms with Crippen molar-refractivity contribution in [3.63, 3.8) is 0 Å². The predicted molar refractivity (Wildman–Crippen MR) is 114 cm³/mol. The molecule has 4 aromatic rings. The number of furan rings is 1. The fourth-order valence-electron chi connectivity index (χ4n) is 2.77. The zero-order valence-electron chi connectivity index (χ0n) is 14.8. The van der Waals surface area contributed by atoms with E-state index in [9.17, 15) is 9.59 Å². The molecule has 0 spiro atoms. The van der Waals surface area contributed by atoms with Crippen LogP contribution in [0.15, 0.2) is 80.4 Å². The molecule has 0 saturated heterocycles. The third-order valence-electron chi connectivity index (χ3n) is 4.11. The lowest BCUT2D eigenvalue weighted by Crippen LogP contribution is -2.07. The second-order valence-corrected chi connectivity index (χ2v) is 7.00. The van der Waals surface area contributed by atoms with E-state index >= 15 is 0 Å². The van der Waals surface area contributed by atoms with Gasteiger partial charge in [0.2, 0.25) is 5.91 Å². The van der Waals surface area contributed by atoms with Crippen LogP contribution in [0, 0.1) is 0 Å². The average Bonchev–Trinajstić information content (AvgIpc) is 3.15. The minimum Gasteiger partial charge on any atom is -0.457 e. The van der Waals surface area contributed by atoms with Gasteiger partial charge in [-0.2, -0.15) is 0 Å². The minimum absolute atomic E-state index is 0.329. The Morgan fingerprint density at radius 3 is 2.62 bits per heavy atom. The molecule has 144 valence electrons. The Hall–Kier alpha value is -3.28. The minimum atomic E-state index is -0.421. The van der Waals surface area contributed by atoms with Gasteiger partial charge in [0.15, 0.2) is 0 Å². The first-order chi connectivity index (χ1) is 14.0. The first-order valence-corrected chi connectivity index (χ1v) is 9.32. The molecule has 1 amide bonds. The molecule has 2 aromatic heterocycles. The number of nitrogens with one attached hydrogen (secondary N) is 1. The van der Waals surface area contributed by atoms with Crippen molar-refractivity contribution >= 4 is 51.8 Å². The molecule has 0 aliphatic carbocycles. The first kappa shape index (κ1) is 19.1. The number of fused-ring (bicyclic) bond motifs is 1. The zero-order valence-corrected chi connectivity index (χ0v) is 16.3. The van der Waals surface area contributed by atoms with Crippen LogP contribution in [-0.2, 0) is 4.79 Å². The molecule has 0 aliphatic rings. The number of amides is 1. The van der Waals surface area contributed by atoms with Crippen LogP contribution in [0.3, 0.4) is 0 Å². The Bertz CT molecular complexity index is 1300. The van der Waals surface area contributed by atoms with E-state index in [-0.39, 0.29) is 5.91 Å². The molecule has 7 heteroatoms. The molecule has 0 aliphatic heterocycles. The molecule has 0 radical (unpaired) electrons. The van der Waals surface area contributed by atoms with Crippen molar-refractivity contribution < 1.29 is 13.6 Å². The van der Waals surface area contributed by atoms with Gasteiger partial charge in [0.1, 0.15) is 17.1 Å². The van der Waals surface area contributed by atoms with Gasteiger partial charge < -0.3 is 14.2 Å². The Morgan fingerprint density at radius 1 is 0.931 bits per heavy atom. The van der Waals surface area contributed by atoms with Crippen LogP contribution < -0.4 is 10.9 Å². The second-order valence-electron chi connectivity index (χ2n) is 6.16. The number of carbonyl (C=O) groups excluding carboxylic acids is 1. The highest BCUT2D eigenvalue weighted by Crippen LogP contribution is 2.31. The van der Waals surface area contributed by atoms with Crippen LogP contribution in [0.25, 0.3) is 28.4 Å². The average molecular weight is 426 g/mol. The maximum Gasteiger partial charge on any atom is 0.336 e. The van der Waals surface area contributed by atoms with Gasteiger partial charge in [0.05, 0.1) is 5.02 Å². The van der Waals surface area contributed by atoms with Crippen molar-refractivity contribution in [1.29, 1.82) is 0 Å². The number of rotatable bonds is 4. The number of benzene rings is 2. The lowest BCUT2D eigenvalue weighted by molar-refractivity contribution is -0.111. The van der Waals surface area contributed by atoms with Crippen molar-refractivity contribution in [2.75, 3.05) is 5.32 Å². The monoisotopic (exact) mass is 425 g/mol. The number of anilines is 1. The summed E-state index contributed by atoms with van der Waals surface area (Å²) in [5.74, 6) is 0.744. The van der Waals surface area contributed by atoms with E-state index in [0.29, 0.717) is 43.8 Å². The fraction of sp³-hybridized carbons (Fsp3) is 0. The summed E-state index contributed by atoms with van der Waals surface area (Å²) in [6, 6.07) is 16.6. The van der Waals surface area contributed by atoms with Crippen molar-refractivity contribution in [3.05, 3.63) is 93.0 Å². The standard InChI is InChI=1S/C22H13Cl2NO4/c23-14-2-6-17(18(24)12-14)20-8-4-16(28-20)5-9-21(26)25-15-3-7-19-13(11-15)1-10-22(27)29-19/h1-12H,(H,25,26). The van der Waals surface area contributed by atoms with Crippen LogP contribution >= 0.6 is 23.2 Å². The molecule has 0 saturated carbocycles. The summed E-state index contributed by atoms with van der Waals surface area (Å²) in [5.41, 5.74) is 1.32. The zero-order chi connectivity index (χ0) is 20.4. The molecule has 0 fully saturated rings. The summed E-state index contributed by atoms with van der Waals surface area (Å²) < 4.78 is 10.8. The summed E-state index contributed by atoms with van der Waals surface area (Å²) in [4.78, 5) is 23.4. The Kier molecular flexibility index (Phi) is 5.25. The molecule has 2 heterocycles. The Morgan fingerprint density at radius 2 is 1.79 bits per heavy atom. The summed E-state index contributed by atoms with van der Waals surface area (Å²) in [7, 11) is 0. The maximum atomic E-state index is 12.2. The number of hydrogen-bond acceptors (Lipinski definition) is 4. The van der Waals surface area contributed by atoms with Crippen LogP contribution in [0.1, 0.15) is 5.76 Å². The fourth-order valence-corrected chi connectivity index (χ4v) is 3.27. The largest absolute Gasteiger partial charge is 0.457 e. The first-order valence-electron chi connectivity index (χ1n) is 8.56. The number of hydrogen-bond donors (Lipinski definition) is 1. The van der Waals surface area contributed by atoms with Crippen LogP contribution in [0.4, 0.5) is 5.69 Å². The van der Waals surface area contributed by atoms with E-state index in [4.69, 9.17) is 32.0 Å². The quantitative estimate of drug-likeness (QED) is 0.320. The molecule has 29 heavy (non-hydrogen) atoms. The summed E-state index contributed by atoms with van der Waals surface area (Å²) in [6.45, 7) is 0. The molecule has 4 rings (SSSR count). The highest BCUT2D eigenvalue weighted by atomic mass is 35.5. The Labute approximate surface area is 175 Å². The van der Waals surface area contributed by atoms with Gasteiger partial charge >= 0.3 is 5.63 Å². The highest BCUT2D eigenvalue weighted by molar-refractivity contribution is 6.36. The van der Waals surface area contributed by atoms with E-state index in [1.54, 1.807) is 60.7 Å². The van der Waals surface area contributed by atoms with E-state index in [1.807, 2.05) is 0 Å². The molecular formula is C22H13Cl2NO4. The van der Waals surface area contributed by atoms with Crippen LogP contribution in [-0.4, -0.2) is 5.91 Å². The van der Waals surface area contributed by atoms with Gasteiger partial charge in [0.25, 0.3) is 0 Å². The molecule has 0 atom stereocenters. The maximum absolute atomic E-state index is 12.2. The SMILES string of the molecule is O=C(C=Cc1ccc(-c2ccc(Cl)cc2Cl)o1)Nc1ccc2oc(=O)ccc2c1. The van der Waals surface area contributed by atoms with Gasteiger partial charge in [-0.3, -0.25) is 4.79 Å². The predicted octanol–water partition coefficient (Wildman–Crippen LogP) is 6.01. The summed E-state index contributed by atoms with van der Waals surface area (Å²) >= 11 is 12.1. The molecule has 0 bridgehead atoms. The smallest absolute Gasteiger partial charge is 0.336 e. The van der Waals surface area contributed by atoms with Gasteiger partial charge in [-0.15, -0.1) is 0 Å². The summed E-state index contributed by atoms with van der Waals surface area (Å²) in [6.07, 6.45) is 2.92. The van der Waals surface area contributed by atoms with Gasteiger partial charge in [-0.25, -0.2) is 4.79 Å². The van der Waals surface area contributed by atoms with E-state index in [2.05, 4.69) is 5.32 Å². The summed E-state index contributed by atoms with van der Waals surface area (Å²) in [5, 5.41) is 4.48. The highest BCUT2D eigenvalue weighted by Gasteiger charge is 2.09. The molecule has 2 aromatic carbocycles. The third-order valence-corrected chi connectivity index (χ3v) is 4.66. The topological polar surface area (TPSA) is 72.5 Å². The van der Waals surface area contributed by atoms with Crippen molar-refractivity contribution in [2.45, 2.75) is 0 Å². The normalized spacial score (nSPS) is 11.2. The molecular weight excluding hydrogens is 413 g/mol. The van der Waals surface area contributed by atoms with Crippen LogP contribution in [0.5, 0.6) is 0 Å². The number of carbonyl (C=O) groups is 1. The van der Waals surface area contributed by atoms with Crippen LogP contribution in [0.2, 0.25) is 10.0 Å². The molecule has 5 nitrogen and oxygen atoms in total. The van der Waals surface area contributed by atoms with E-state index < -0.39 is 5.63 Å². The lowest BCUT2D eigenvalue weighted by Gasteiger charge is -2.03. The third kappa shape index (κ3) is 4.42. The molecule has 1 N–H and O–H groups in total. The van der Waals surface area contributed by atoms with E-state index in [0.717, 1.165) is 0 Å². The second kappa shape index (κ2) is 7.99. The number of halogens is 2. The molecule has 0 unspecified atom stereocenters. The van der Waals surface area contributed by atoms with Crippen molar-refractivity contribution in [3.8, 4) is 11.3 Å². The van der Waals surface area contributed by atoms with Gasteiger partial charge in [-0.1, -0.05) is 23.2 Å². The lowest BCUT2D eigenvalue weighted by atomic mass is 10.2. The Balaban J connectivity index is 1.47. The van der Waals surface area contributed by atoms with Crippen molar-refractivity contribution in [2.24, 2.45) is 0 Å². The van der Waals surface area contributed by atoms with Gasteiger partial charge in [-0.05, 0) is 60.7 Å². The van der Waals surface area contributed by atoms with Crippen molar-refractivity contribution in [1.82, 2.24) is 0 Å². The van der Waals surface area contributed by atoms with E-state index in [1.165, 1.54) is 12.1 Å². The van der Waals surface area contributed by atoms with Gasteiger partial charge in [0, 0.05) is 33.8 Å².